The molecule has 0 aliphatic carbocycles. The topological polar surface area (TPSA) is 102 Å². The number of rotatable bonds is 7. The normalized spacial score (nSPS) is 13.7. The molecule has 0 radical (unpaired) electrons. The highest BCUT2D eigenvalue weighted by molar-refractivity contribution is 5.80. The van der Waals surface area contributed by atoms with Crippen LogP contribution in [0.4, 0.5) is 5.69 Å². The summed E-state index contributed by atoms with van der Waals surface area (Å²) >= 11 is 0. The maximum Gasteiger partial charge on any atom is 0.269 e. The van der Waals surface area contributed by atoms with Crippen molar-refractivity contribution >= 4 is 17.5 Å². The fourth-order valence-corrected chi connectivity index (χ4v) is 2.30. The zero-order valence-corrected chi connectivity index (χ0v) is 12.7. The maximum absolute atomic E-state index is 11.8. The lowest BCUT2D eigenvalue weighted by Gasteiger charge is -2.15. The number of carbonyl (C=O) groups excluding carboxylic acids is 2. The van der Waals surface area contributed by atoms with E-state index >= 15 is 0 Å². The third kappa shape index (κ3) is 5.24. The first kappa shape index (κ1) is 16.7. The highest BCUT2D eigenvalue weighted by Gasteiger charge is 2.17. The van der Waals surface area contributed by atoms with Gasteiger partial charge in [0.25, 0.3) is 11.6 Å². The molecule has 1 aliphatic heterocycles. The van der Waals surface area contributed by atoms with Gasteiger partial charge in [-0.2, -0.15) is 0 Å². The Labute approximate surface area is 133 Å². The summed E-state index contributed by atoms with van der Waals surface area (Å²) in [6, 6.07) is 5.48. The quantitative estimate of drug-likeness (QED) is 0.598. The van der Waals surface area contributed by atoms with Crippen LogP contribution in [0.5, 0.6) is 5.75 Å². The molecule has 2 rings (SSSR count). The van der Waals surface area contributed by atoms with Gasteiger partial charge in [-0.3, -0.25) is 19.7 Å². The van der Waals surface area contributed by atoms with E-state index in [0.717, 1.165) is 25.9 Å². The smallest absolute Gasteiger partial charge is 0.269 e. The largest absolute Gasteiger partial charge is 0.484 e. The molecule has 0 unspecified atom stereocenters. The van der Waals surface area contributed by atoms with Gasteiger partial charge in [-0.05, 0) is 25.0 Å². The molecule has 1 N–H and O–H groups in total. The number of amides is 2. The van der Waals surface area contributed by atoms with Crippen LogP contribution in [0.15, 0.2) is 24.3 Å². The molecule has 124 valence electrons. The van der Waals surface area contributed by atoms with Crippen LogP contribution in [0.2, 0.25) is 0 Å². The second kappa shape index (κ2) is 8.11. The molecule has 23 heavy (non-hydrogen) atoms. The lowest BCUT2D eigenvalue weighted by Crippen LogP contribution is -2.34. The summed E-state index contributed by atoms with van der Waals surface area (Å²) in [4.78, 5) is 35.2. The predicted molar refractivity (Wildman–Crippen MR) is 82.0 cm³/mol. The SMILES string of the molecule is O=C(COc1ccc([N+](=O)[O-])cc1)NCCC(=O)N1CCCC1. The number of hydrogen-bond donors (Lipinski definition) is 1. The molecular formula is C15H19N3O5. The van der Waals surface area contributed by atoms with Gasteiger partial charge in [-0.15, -0.1) is 0 Å². The summed E-state index contributed by atoms with van der Waals surface area (Å²) in [5.41, 5.74) is -0.0396. The van der Waals surface area contributed by atoms with Crippen molar-refractivity contribution in [3.05, 3.63) is 34.4 Å². The van der Waals surface area contributed by atoms with Crippen molar-refractivity contribution in [1.82, 2.24) is 10.2 Å². The fraction of sp³-hybridized carbons (Fsp3) is 0.467. The lowest BCUT2D eigenvalue weighted by atomic mass is 10.3. The Balaban J connectivity index is 1.64. The number of carbonyl (C=O) groups is 2. The number of ether oxygens (including phenoxy) is 1. The predicted octanol–water partition coefficient (Wildman–Crippen LogP) is 1.10. The molecule has 1 heterocycles. The van der Waals surface area contributed by atoms with E-state index in [9.17, 15) is 19.7 Å². The van der Waals surface area contributed by atoms with Crippen LogP contribution < -0.4 is 10.1 Å². The van der Waals surface area contributed by atoms with Crippen LogP contribution in [0, 0.1) is 10.1 Å². The summed E-state index contributed by atoms with van der Waals surface area (Å²) in [5.74, 6) is 0.0931. The molecule has 1 aromatic rings. The Morgan fingerprint density at radius 2 is 1.87 bits per heavy atom. The van der Waals surface area contributed by atoms with Gasteiger partial charge in [0.15, 0.2) is 6.61 Å². The molecule has 1 aromatic carbocycles. The Bertz CT molecular complexity index is 567. The molecule has 0 atom stereocenters. The molecule has 0 bridgehead atoms. The molecule has 8 nitrogen and oxygen atoms in total. The molecule has 8 heteroatoms. The number of hydrogen-bond acceptors (Lipinski definition) is 5. The van der Waals surface area contributed by atoms with Gasteiger partial charge in [-0.25, -0.2) is 0 Å². The summed E-state index contributed by atoms with van der Waals surface area (Å²) < 4.78 is 5.23. The van der Waals surface area contributed by atoms with E-state index < -0.39 is 4.92 Å². The Morgan fingerprint density at radius 3 is 2.48 bits per heavy atom. The van der Waals surface area contributed by atoms with Gasteiger partial charge in [0.2, 0.25) is 5.91 Å². The number of nitrogens with zero attached hydrogens (tertiary/aromatic N) is 2. The van der Waals surface area contributed by atoms with Gasteiger partial charge >= 0.3 is 0 Å². The first-order valence-electron chi connectivity index (χ1n) is 7.48. The van der Waals surface area contributed by atoms with Crippen molar-refractivity contribution in [3.8, 4) is 5.75 Å². The third-order valence-electron chi connectivity index (χ3n) is 3.54. The highest BCUT2D eigenvalue weighted by Crippen LogP contribution is 2.17. The third-order valence-corrected chi connectivity index (χ3v) is 3.54. The van der Waals surface area contributed by atoms with Gasteiger partial charge in [0.1, 0.15) is 5.75 Å². The maximum atomic E-state index is 11.8. The number of non-ortho nitro benzene ring substituents is 1. The van der Waals surface area contributed by atoms with Crippen molar-refractivity contribution in [2.45, 2.75) is 19.3 Å². The average Bonchev–Trinajstić information content (AvgIpc) is 3.07. The summed E-state index contributed by atoms with van der Waals surface area (Å²) in [6.45, 7) is 1.68. The van der Waals surface area contributed by atoms with E-state index in [4.69, 9.17) is 4.74 Å². The van der Waals surface area contributed by atoms with Crippen LogP contribution in [0.25, 0.3) is 0 Å². The number of nitro groups is 1. The van der Waals surface area contributed by atoms with Crippen LogP contribution >= 0.6 is 0 Å². The molecule has 0 saturated carbocycles. The van der Waals surface area contributed by atoms with E-state index in [1.165, 1.54) is 24.3 Å². The minimum absolute atomic E-state index is 0.0396. The zero-order chi connectivity index (χ0) is 16.7. The highest BCUT2D eigenvalue weighted by atomic mass is 16.6. The molecule has 2 amide bonds. The molecule has 1 aliphatic rings. The Kier molecular flexibility index (Phi) is 5.90. The second-order valence-corrected chi connectivity index (χ2v) is 5.23. The van der Waals surface area contributed by atoms with Crippen molar-refractivity contribution in [3.63, 3.8) is 0 Å². The Hall–Kier alpha value is -2.64. The monoisotopic (exact) mass is 321 g/mol. The number of likely N-dealkylation sites (tertiary alicyclic amines) is 1. The van der Waals surface area contributed by atoms with Crippen LogP contribution in [0.1, 0.15) is 19.3 Å². The summed E-state index contributed by atoms with van der Waals surface area (Å²) in [7, 11) is 0. The average molecular weight is 321 g/mol. The number of nitrogens with one attached hydrogen (secondary N) is 1. The first-order chi connectivity index (χ1) is 11.1. The van der Waals surface area contributed by atoms with E-state index in [-0.39, 0.29) is 37.1 Å². The minimum atomic E-state index is -0.506. The molecular weight excluding hydrogens is 302 g/mol. The van der Waals surface area contributed by atoms with E-state index in [2.05, 4.69) is 5.32 Å². The van der Waals surface area contributed by atoms with Crippen LogP contribution in [-0.2, 0) is 9.59 Å². The standard InChI is InChI=1S/C15H19N3O5/c19-14(16-8-7-15(20)17-9-1-2-10-17)11-23-13-5-3-12(4-6-13)18(21)22/h3-6H,1-2,7-11H2,(H,16,19). The fourth-order valence-electron chi connectivity index (χ4n) is 2.30. The molecule has 0 spiro atoms. The number of nitro benzene ring substituents is 1. The molecule has 1 fully saturated rings. The summed E-state index contributed by atoms with van der Waals surface area (Å²) in [6.07, 6.45) is 2.37. The summed E-state index contributed by atoms with van der Waals surface area (Å²) in [5, 5.41) is 13.1. The van der Waals surface area contributed by atoms with Crippen molar-refractivity contribution < 1.29 is 19.2 Å². The van der Waals surface area contributed by atoms with Gasteiger partial charge in [0.05, 0.1) is 4.92 Å². The van der Waals surface area contributed by atoms with Crippen molar-refractivity contribution in [2.24, 2.45) is 0 Å². The minimum Gasteiger partial charge on any atom is -0.484 e. The second-order valence-electron chi connectivity index (χ2n) is 5.23. The zero-order valence-electron chi connectivity index (χ0n) is 12.7. The van der Waals surface area contributed by atoms with Crippen LogP contribution in [0.3, 0.4) is 0 Å². The van der Waals surface area contributed by atoms with Gasteiger partial charge in [-0.1, -0.05) is 0 Å². The van der Waals surface area contributed by atoms with Crippen LogP contribution in [-0.4, -0.2) is 47.9 Å². The van der Waals surface area contributed by atoms with Crippen molar-refractivity contribution in [2.75, 3.05) is 26.2 Å². The van der Waals surface area contributed by atoms with Gasteiger partial charge in [0, 0.05) is 38.2 Å². The van der Waals surface area contributed by atoms with E-state index in [1.54, 1.807) is 4.90 Å². The van der Waals surface area contributed by atoms with E-state index in [0.29, 0.717) is 5.75 Å². The lowest BCUT2D eigenvalue weighted by molar-refractivity contribution is -0.384. The van der Waals surface area contributed by atoms with E-state index in [1.807, 2.05) is 0 Å². The van der Waals surface area contributed by atoms with Gasteiger partial charge < -0.3 is 15.0 Å². The number of benzene rings is 1. The first-order valence-corrected chi connectivity index (χ1v) is 7.48. The van der Waals surface area contributed by atoms with Crippen molar-refractivity contribution in [1.29, 1.82) is 0 Å². The molecule has 0 aromatic heterocycles. The Morgan fingerprint density at radius 1 is 1.22 bits per heavy atom. The molecule has 1 saturated heterocycles.